The normalized spacial score (nSPS) is 12.8. The Labute approximate surface area is 99.3 Å². The standard InChI is InChI=1S/C10H12FN.2C2H6/c1-8-5-9(11)7-10(6-8)12-3-2-4-12;2*1-2/h5-7H,2-4H2,1H3;2*1-2H3. The van der Waals surface area contributed by atoms with Crippen molar-refractivity contribution in [2.75, 3.05) is 18.0 Å². The van der Waals surface area contributed by atoms with Gasteiger partial charge in [-0.25, -0.2) is 4.39 Å². The summed E-state index contributed by atoms with van der Waals surface area (Å²) in [7, 11) is 0. The van der Waals surface area contributed by atoms with Gasteiger partial charge in [-0.3, -0.25) is 0 Å². The van der Waals surface area contributed by atoms with Gasteiger partial charge in [0.25, 0.3) is 0 Å². The third-order valence-corrected chi connectivity index (χ3v) is 2.25. The fourth-order valence-corrected chi connectivity index (χ4v) is 1.47. The van der Waals surface area contributed by atoms with E-state index in [1.54, 1.807) is 12.1 Å². The number of benzene rings is 1. The van der Waals surface area contributed by atoms with E-state index in [0.717, 1.165) is 24.3 Å². The van der Waals surface area contributed by atoms with Gasteiger partial charge in [-0.2, -0.15) is 0 Å². The third-order valence-electron chi connectivity index (χ3n) is 2.25. The van der Waals surface area contributed by atoms with E-state index in [1.807, 2.05) is 40.7 Å². The molecule has 0 N–H and O–H groups in total. The molecule has 0 bridgehead atoms. The zero-order valence-electron chi connectivity index (χ0n) is 11.2. The Hall–Kier alpha value is -1.05. The number of aryl methyl sites for hydroxylation is 1. The third kappa shape index (κ3) is 4.21. The SMILES string of the molecule is CC.CC.Cc1cc(F)cc(N2CCC2)c1. The molecule has 1 heterocycles. The second kappa shape index (κ2) is 8.14. The van der Waals surface area contributed by atoms with Crippen molar-refractivity contribution >= 4 is 5.69 Å². The van der Waals surface area contributed by atoms with Crippen LogP contribution >= 0.6 is 0 Å². The van der Waals surface area contributed by atoms with Gasteiger partial charge in [-0.05, 0) is 37.1 Å². The first kappa shape index (κ1) is 14.9. The summed E-state index contributed by atoms with van der Waals surface area (Å²) in [5, 5.41) is 0. The van der Waals surface area contributed by atoms with E-state index in [2.05, 4.69) is 4.90 Å². The Bertz CT molecular complexity index is 273. The first-order valence-electron chi connectivity index (χ1n) is 6.28. The van der Waals surface area contributed by atoms with Crippen LogP contribution in [0.15, 0.2) is 18.2 Å². The maximum Gasteiger partial charge on any atom is 0.125 e. The Balaban J connectivity index is 0.000000509. The lowest BCUT2D eigenvalue weighted by molar-refractivity contribution is 0.602. The molecular weight excluding hydrogens is 201 g/mol. The highest BCUT2D eigenvalue weighted by atomic mass is 19.1. The minimum absolute atomic E-state index is 0.128. The summed E-state index contributed by atoms with van der Waals surface area (Å²) in [6.45, 7) is 12.1. The van der Waals surface area contributed by atoms with Crippen molar-refractivity contribution in [1.82, 2.24) is 0 Å². The van der Waals surface area contributed by atoms with E-state index in [-0.39, 0.29) is 5.82 Å². The van der Waals surface area contributed by atoms with Crippen molar-refractivity contribution in [2.24, 2.45) is 0 Å². The van der Waals surface area contributed by atoms with Gasteiger partial charge in [-0.15, -0.1) is 0 Å². The van der Waals surface area contributed by atoms with Crippen molar-refractivity contribution < 1.29 is 4.39 Å². The average molecular weight is 225 g/mol. The van der Waals surface area contributed by atoms with E-state index >= 15 is 0 Å². The number of hydrogen-bond acceptors (Lipinski definition) is 1. The Morgan fingerprint density at radius 3 is 1.94 bits per heavy atom. The maximum atomic E-state index is 12.9. The quantitative estimate of drug-likeness (QED) is 0.685. The number of anilines is 1. The highest BCUT2D eigenvalue weighted by Crippen LogP contribution is 2.22. The second-order valence-corrected chi connectivity index (χ2v) is 3.33. The molecule has 1 nitrogen and oxygen atoms in total. The molecule has 1 aromatic rings. The van der Waals surface area contributed by atoms with Crippen molar-refractivity contribution in [3.05, 3.63) is 29.6 Å². The summed E-state index contributed by atoms with van der Waals surface area (Å²) in [6.07, 6.45) is 1.23. The Morgan fingerprint density at radius 2 is 1.56 bits per heavy atom. The highest BCUT2D eigenvalue weighted by molar-refractivity contribution is 5.50. The highest BCUT2D eigenvalue weighted by Gasteiger charge is 2.14. The van der Waals surface area contributed by atoms with E-state index in [4.69, 9.17) is 0 Å². The van der Waals surface area contributed by atoms with E-state index in [0.29, 0.717) is 0 Å². The molecule has 1 saturated heterocycles. The van der Waals surface area contributed by atoms with Gasteiger partial charge >= 0.3 is 0 Å². The minimum atomic E-state index is -0.128. The van der Waals surface area contributed by atoms with Gasteiger partial charge in [0.1, 0.15) is 5.82 Å². The van der Waals surface area contributed by atoms with Gasteiger partial charge in [0.05, 0.1) is 0 Å². The van der Waals surface area contributed by atoms with Crippen molar-refractivity contribution in [1.29, 1.82) is 0 Å². The monoisotopic (exact) mass is 225 g/mol. The number of nitrogens with zero attached hydrogens (tertiary/aromatic N) is 1. The second-order valence-electron chi connectivity index (χ2n) is 3.33. The first-order valence-corrected chi connectivity index (χ1v) is 6.28. The molecule has 16 heavy (non-hydrogen) atoms. The number of rotatable bonds is 1. The summed E-state index contributed by atoms with van der Waals surface area (Å²) < 4.78 is 12.9. The first-order chi connectivity index (χ1) is 7.75. The zero-order chi connectivity index (χ0) is 12.6. The summed E-state index contributed by atoms with van der Waals surface area (Å²) in [5.74, 6) is -0.128. The molecule has 2 rings (SSSR count). The molecule has 2 heteroatoms. The van der Waals surface area contributed by atoms with Crippen LogP contribution in [0.5, 0.6) is 0 Å². The van der Waals surface area contributed by atoms with Gasteiger partial charge in [0.2, 0.25) is 0 Å². The van der Waals surface area contributed by atoms with Gasteiger partial charge in [0.15, 0.2) is 0 Å². The van der Waals surface area contributed by atoms with Crippen molar-refractivity contribution in [2.45, 2.75) is 41.0 Å². The molecule has 0 aliphatic carbocycles. The molecule has 0 atom stereocenters. The predicted octanol–water partition coefficient (Wildman–Crippen LogP) is 4.40. The topological polar surface area (TPSA) is 3.24 Å². The largest absolute Gasteiger partial charge is 0.371 e. The molecule has 0 amide bonds. The molecule has 1 fully saturated rings. The summed E-state index contributed by atoms with van der Waals surface area (Å²) in [6, 6.07) is 5.19. The summed E-state index contributed by atoms with van der Waals surface area (Å²) in [5.41, 5.74) is 2.02. The van der Waals surface area contributed by atoms with Crippen LogP contribution in [0.4, 0.5) is 10.1 Å². The fraction of sp³-hybridized carbons (Fsp3) is 0.571. The molecule has 0 unspecified atom stereocenters. The zero-order valence-corrected chi connectivity index (χ0v) is 11.2. The molecular formula is C14H24FN. The Kier molecular flexibility index (Phi) is 7.61. The predicted molar refractivity (Wildman–Crippen MR) is 70.7 cm³/mol. The lowest BCUT2D eigenvalue weighted by Crippen LogP contribution is -2.37. The van der Waals surface area contributed by atoms with Crippen molar-refractivity contribution in [3.63, 3.8) is 0 Å². The van der Waals surface area contributed by atoms with Crippen LogP contribution in [0.25, 0.3) is 0 Å². The molecule has 1 aromatic carbocycles. The Morgan fingerprint density at radius 1 is 1.00 bits per heavy atom. The van der Waals surface area contributed by atoms with Gasteiger partial charge < -0.3 is 4.90 Å². The molecule has 1 aliphatic heterocycles. The molecule has 0 radical (unpaired) electrons. The molecule has 1 aliphatic rings. The summed E-state index contributed by atoms with van der Waals surface area (Å²) >= 11 is 0. The maximum absolute atomic E-state index is 12.9. The summed E-state index contributed by atoms with van der Waals surface area (Å²) in [4.78, 5) is 2.19. The molecule has 0 spiro atoms. The van der Waals surface area contributed by atoms with Crippen LogP contribution in [0.3, 0.4) is 0 Å². The van der Waals surface area contributed by atoms with Crippen LogP contribution in [-0.4, -0.2) is 13.1 Å². The van der Waals surface area contributed by atoms with Gasteiger partial charge in [0, 0.05) is 18.8 Å². The van der Waals surface area contributed by atoms with Crippen LogP contribution in [0.1, 0.15) is 39.7 Å². The van der Waals surface area contributed by atoms with Crippen LogP contribution in [0.2, 0.25) is 0 Å². The van der Waals surface area contributed by atoms with Crippen LogP contribution < -0.4 is 4.90 Å². The van der Waals surface area contributed by atoms with Crippen molar-refractivity contribution in [3.8, 4) is 0 Å². The number of halogens is 1. The molecule has 0 saturated carbocycles. The van der Waals surface area contributed by atoms with E-state index in [1.165, 1.54) is 6.42 Å². The average Bonchev–Trinajstić information content (AvgIpc) is 2.19. The lowest BCUT2D eigenvalue weighted by Gasteiger charge is -2.33. The molecule has 92 valence electrons. The molecule has 0 aromatic heterocycles. The van der Waals surface area contributed by atoms with E-state index < -0.39 is 0 Å². The minimum Gasteiger partial charge on any atom is -0.371 e. The van der Waals surface area contributed by atoms with E-state index in [9.17, 15) is 4.39 Å². The van der Waals surface area contributed by atoms with Crippen LogP contribution in [-0.2, 0) is 0 Å². The van der Waals surface area contributed by atoms with Gasteiger partial charge in [-0.1, -0.05) is 27.7 Å². The fourth-order valence-electron chi connectivity index (χ4n) is 1.47. The lowest BCUT2D eigenvalue weighted by atomic mass is 10.1. The smallest absolute Gasteiger partial charge is 0.125 e. The van der Waals surface area contributed by atoms with Crippen LogP contribution in [0, 0.1) is 12.7 Å². The number of hydrogen-bond donors (Lipinski definition) is 0.